The molecule has 6 heteroatoms. The van der Waals surface area contributed by atoms with E-state index in [1.807, 2.05) is 12.1 Å². The van der Waals surface area contributed by atoms with Gasteiger partial charge in [-0.05, 0) is 48.4 Å². The number of nitrogens with zero attached hydrogens (tertiary/aromatic N) is 5. The van der Waals surface area contributed by atoms with Crippen molar-refractivity contribution in [2.24, 2.45) is 5.92 Å². The molecule has 3 aromatic rings. The molecule has 25 heavy (non-hydrogen) atoms. The van der Waals surface area contributed by atoms with E-state index in [1.54, 1.807) is 23.0 Å². The molecule has 0 bridgehead atoms. The Morgan fingerprint density at radius 2 is 2.04 bits per heavy atom. The normalized spacial score (nSPS) is 17.7. The summed E-state index contributed by atoms with van der Waals surface area (Å²) in [6.07, 6.45) is 3.86. The molecule has 3 heterocycles. The van der Waals surface area contributed by atoms with Gasteiger partial charge in [-0.25, -0.2) is 0 Å². The van der Waals surface area contributed by atoms with E-state index in [0.29, 0.717) is 17.6 Å². The van der Waals surface area contributed by atoms with Gasteiger partial charge in [-0.2, -0.15) is 9.61 Å². The molecule has 1 unspecified atom stereocenters. The summed E-state index contributed by atoms with van der Waals surface area (Å²) >= 11 is 0. The SMILES string of the molecule is CC(C)c1cc(N2CCC(Cc3ccc(O)cc3)C2)c2nncn2n1. The van der Waals surface area contributed by atoms with Crippen LogP contribution in [0.5, 0.6) is 5.75 Å². The van der Waals surface area contributed by atoms with E-state index in [0.717, 1.165) is 43.0 Å². The molecular formula is C19H23N5O. The van der Waals surface area contributed by atoms with Crippen molar-refractivity contribution in [3.05, 3.63) is 47.9 Å². The van der Waals surface area contributed by atoms with Crippen molar-refractivity contribution in [1.82, 2.24) is 19.8 Å². The number of anilines is 1. The van der Waals surface area contributed by atoms with E-state index in [4.69, 9.17) is 0 Å². The maximum Gasteiger partial charge on any atom is 0.200 e. The zero-order valence-electron chi connectivity index (χ0n) is 14.6. The van der Waals surface area contributed by atoms with Crippen molar-refractivity contribution in [2.75, 3.05) is 18.0 Å². The Bertz CT molecular complexity index is 871. The van der Waals surface area contributed by atoms with Crippen LogP contribution in [0.25, 0.3) is 5.65 Å². The molecule has 0 spiro atoms. The quantitative estimate of drug-likeness (QED) is 0.793. The van der Waals surface area contributed by atoms with Crippen molar-refractivity contribution >= 4 is 11.3 Å². The average Bonchev–Trinajstić information content (AvgIpc) is 3.25. The summed E-state index contributed by atoms with van der Waals surface area (Å²) in [6.45, 7) is 6.33. The zero-order chi connectivity index (χ0) is 17.4. The third-order valence-electron chi connectivity index (χ3n) is 4.95. The molecule has 0 aliphatic carbocycles. The Kier molecular flexibility index (Phi) is 4.03. The van der Waals surface area contributed by atoms with Crippen LogP contribution >= 0.6 is 0 Å². The highest BCUT2D eigenvalue weighted by Crippen LogP contribution is 2.30. The van der Waals surface area contributed by atoms with Gasteiger partial charge in [-0.3, -0.25) is 0 Å². The molecule has 1 aliphatic heterocycles. The summed E-state index contributed by atoms with van der Waals surface area (Å²) < 4.78 is 1.79. The number of hydrogen-bond acceptors (Lipinski definition) is 5. The lowest BCUT2D eigenvalue weighted by Crippen LogP contribution is -2.22. The molecule has 1 fully saturated rings. The summed E-state index contributed by atoms with van der Waals surface area (Å²) in [4.78, 5) is 2.41. The number of hydrogen-bond donors (Lipinski definition) is 1. The number of benzene rings is 1. The fourth-order valence-corrected chi connectivity index (χ4v) is 3.53. The standard InChI is InChI=1S/C19H23N5O/c1-13(2)17-10-18(19-21-20-12-24(19)22-17)23-8-7-15(11-23)9-14-3-5-16(25)6-4-14/h3-6,10,12-13,15,25H,7-9,11H2,1-2H3. The Morgan fingerprint density at radius 3 is 2.80 bits per heavy atom. The second-order valence-corrected chi connectivity index (χ2v) is 7.18. The number of fused-ring (bicyclic) bond motifs is 1. The Hall–Kier alpha value is -2.63. The smallest absolute Gasteiger partial charge is 0.200 e. The molecular weight excluding hydrogens is 314 g/mol. The molecule has 2 aromatic heterocycles. The van der Waals surface area contributed by atoms with Gasteiger partial charge in [-0.15, -0.1) is 10.2 Å². The summed E-state index contributed by atoms with van der Waals surface area (Å²) in [5.74, 6) is 1.29. The lowest BCUT2D eigenvalue weighted by molar-refractivity contribution is 0.474. The van der Waals surface area contributed by atoms with Crippen LogP contribution in [0.3, 0.4) is 0 Å². The van der Waals surface area contributed by atoms with Gasteiger partial charge in [0.05, 0.1) is 11.4 Å². The van der Waals surface area contributed by atoms with Crippen LogP contribution < -0.4 is 4.90 Å². The predicted octanol–water partition coefficient (Wildman–Crippen LogP) is 3.02. The van der Waals surface area contributed by atoms with Crippen molar-refractivity contribution in [2.45, 2.75) is 32.6 Å². The van der Waals surface area contributed by atoms with Crippen LogP contribution in [0.15, 0.2) is 36.7 Å². The predicted molar refractivity (Wildman–Crippen MR) is 97.0 cm³/mol. The molecule has 6 nitrogen and oxygen atoms in total. The number of rotatable bonds is 4. The van der Waals surface area contributed by atoms with E-state index in [-0.39, 0.29) is 0 Å². The molecule has 0 radical (unpaired) electrons. The number of aromatic nitrogens is 4. The van der Waals surface area contributed by atoms with Crippen LogP contribution in [0.1, 0.15) is 37.4 Å². The van der Waals surface area contributed by atoms with Crippen LogP contribution in [0.2, 0.25) is 0 Å². The van der Waals surface area contributed by atoms with Crippen LogP contribution in [0, 0.1) is 5.92 Å². The third-order valence-corrected chi connectivity index (χ3v) is 4.95. The maximum atomic E-state index is 9.43. The van der Waals surface area contributed by atoms with Gasteiger partial charge in [0.25, 0.3) is 0 Å². The highest BCUT2D eigenvalue weighted by atomic mass is 16.3. The van der Waals surface area contributed by atoms with Crippen LogP contribution in [-0.2, 0) is 6.42 Å². The number of aromatic hydroxyl groups is 1. The van der Waals surface area contributed by atoms with Gasteiger partial charge in [0.1, 0.15) is 12.1 Å². The summed E-state index contributed by atoms with van der Waals surface area (Å²) in [5.41, 5.74) is 4.29. The minimum atomic E-state index is 0.323. The number of phenols is 1. The van der Waals surface area contributed by atoms with Crippen LogP contribution in [0.4, 0.5) is 5.69 Å². The molecule has 0 amide bonds. The van der Waals surface area contributed by atoms with E-state index in [2.05, 4.69) is 40.1 Å². The first-order valence-electron chi connectivity index (χ1n) is 8.84. The van der Waals surface area contributed by atoms with Gasteiger partial charge in [0, 0.05) is 13.1 Å². The highest BCUT2D eigenvalue weighted by molar-refractivity contribution is 5.68. The van der Waals surface area contributed by atoms with Crippen molar-refractivity contribution < 1.29 is 5.11 Å². The van der Waals surface area contributed by atoms with E-state index >= 15 is 0 Å². The Labute approximate surface area is 147 Å². The summed E-state index contributed by atoms with van der Waals surface area (Å²) in [6, 6.07) is 9.72. The zero-order valence-corrected chi connectivity index (χ0v) is 14.6. The van der Waals surface area contributed by atoms with Gasteiger partial charge >= 0.3 is 0 Å². The number of phenolic OH excluding ortho intramolecular Hbond substituents is 1. The van der Waals surface area contributed by atoms with Gasteiger partial charge in [-0.1, -0.05) is 26.0 Å². The molecule has 130 valence electrons. The minimum absolute atomic E-state index is 0.323. The van der Waals surface area contributed by atoms with Crippen molar-refractivity contribution in [3.8, 4) is 5.75 Å². The minimum Gasteiger partial charge on any atom is -0.508 e. The second kappa shape index (κ2) is 6.35. The van der Waals surface area contributed by atoms with E-state index in [1.165, 1.54) is 5.56 Å². The molecule has 1 aromatic carbocycles. The van der Waals surface area contributed by atoms with Crippen molar-refractivity contribution in [1.29, 1.82) is 0 Å². The van der Waals surface area contributed by atoms with Crippen molar-refractivity contribution in [3.63, 3.8) is 0 Å². The molecule has 1 N–H and O–H groups in total. The lowest BCUT2D eigenvalue weighted by Gasteiger charge is -2.20. The molecule has 1 saturated heterocycles. The molecule has 0 saturated carbocycles. The first-order chi connectivity index (χ1) is 12.1. The maximum absolute atomic E-state index is 9.43. The van der Waals surface area contributed by atoms with Gasteiger partial charge in [0.15, 0.2) is 0 Å². The molecule has 1 aliphatic rings. The summed E-state index contributed by atoms with van der Waals surface area (Å²) in [5, 5.41) is 22.3. The van der Waals surface area contributed by atoms with Crippen LogP contribution in [-0.4, -0.2) is 38.0 Å². The Morgan fingerprint density at radius 1 is 1.24 bits per heavy atom. The third kappa shape index (κ3) is 3.16. The second-order valence-electron chi connectivity index (χ2n) is 7.18. The Balaban J connectivity index is 1.56. The fraction of sp³-hybridized carbons (Fsp3) is 0.421. The average molecular weight is 337 g/mol. The largest absolute Gasteiger partial charge is 0.508 e. The van der Waals surface area contributed by atoms with E-state index in [9.17, 15) is 5.11 Å². The van der Waals surface area contributed by atoms with Gasteiger partial charge in [0.2, 0.25) is 5.65 Å². The molecule has 1 atom stereocenters. The molecule has 4 rings (SSSR count). The highest BCUT2D eigenvalue weighted by Gasteiger charge is 2.26. The topological polar surface area (TPSA) is 66.5 Å². The first kappa shape index (κ1) is 15.9. The van der Waals surface area contributed by atoms with Gasteiger partial charge < -0.3 is 10.0 Å². The summed E-state index contributed by atoms with van der Waals surface area (Å²) in [7, 11) is 0. The van der Waals surface area contributed by atoms with E-state index < -0.39 is 0 Å². The first-order valence-corrected chi connectivity index (χ1v) is 8.84. The lowest BCUT2D eigenvalue weighted by atomic mass is 9.99. The fourth-order valence-electron chi connectivity index (χ4n) is 3.53. The monoisotopic (exact) mass is 337 g/mol.